The highest BCUT2D eigenvalue weighted by Crippen LogP contribution is 2.43. The molecule has 3 nitrogen and oxygen atoms in total. The van der Waals surface area contributed by atoms with E-state index in [9.17, 15) is 8.42 Å². The quantitative estimate of drug-likeness (QED) is 0.641. The summed E-state index contributed by atoms with van der Waals surface area (Å²) in [4.78, 5) is 0. The first-order valence-electron chi connectivity index (χ1n) is 4.91. The van der Waals surface area contributed by atoms with Gasteiger partial charge in [-0.05, 0) is 31.1 Å². The van der Waals surface area contributed by atoms with E-state index in [-0.39, 0.29) is 6.10 Å². The van der Waals surface area contributed by atoms with Crippen LogP contribution in [0, 0.1) is 11.8 Å². The molecule has 0 spiro atoms. The van der Waals surface area contributed by atoms with Crippen LogP contribution in [0.25, 0.3) is 0 Å². The van der Waals surface area contributed by atoms with Crippen molar-refractivity contribution >= 4 is 10.1 Å². The van der Waals surface area contributed by atoms with Crippen LogP contribution in [-0.2, 0) is 14.3 Å². The van der Waals surface area contributed by atoms with Gasteiger partial charge in [0.2, 0.25) is 0 Å². The van der Waals surface area contributed by atoms with Gasteiger partial charge in [0.05, 0.1) is 12.4 Å². The summed E-state index contributed by atoms with van der Waals surface area (Å²) >= 11 is 0. The largest absolute Gasteiger partial charge is 0.267 e. The lowest BCUT2D eigenvalue weighted by molar-refractivity contribution is 0.126. The summed E-state index contributed by atoms with van der Waals surface area (Å²) < 4.78 is 26.9. The summed E-state index contributed by atoms with van der Waals surface area (Å²) in [7, 11) is -3.24. The zero-order chi connectivity index (χ0) is 9.47. The molecule has 0 heterocycles. The Hall–Kier alpha value is -0.0900. The van der Waals surface area contributed by atoms with E-state index in [1.54, 1.807) is 0 Å². The average molecular weight is 204 g/mol. The lowest BCUT2D eigenvalue weighted by atomic mass is 9.87. The molecular formula is C9H16O3S. The third-order valence-corrected chi connectivity index (χ3v) is 3.77. The molecule has 0 radical (unpaired) electrons. The fraction of sp³-hybridized carbons (Fsp3) is 1.00. The van der Waals surface area contributed by atoms with Crippen molar-refractivity contribution in [2.24, 2.45) is 11.8 Å². The minimum Gasteiger partial charge on any atom is -0.267 e. The Bertz CT molecular complexity index is 271. The second kappa shape index (κ2) is 3.24. The van der Waals surface area contributed by atoms with Crippen LogP contribution in [0.5, 0.6) is 0 Å². The van der Waals surface area contributed by atoms with E-state index in [0.717, 1.165) is 30.9 Å². The van der Waals surface area contributed by atoms with Crippen LogP contribution in [0.2, 0.25) is 0 Å². The highest BCUT2D eigenvalue weighted by molar-refractivity contribution is 7.86. The van der Waals surface area contributed by atoms with Crippen LogP contribution in [0.15, 0.2) is 0 Å². The maximum atomic E-state index is 10.9. The van der Waals surface area contributed by atoms with Crippen molar-refractivity contribution in [3.8, 4) is 0 Å². The van der Waals surface area contributed by atoms with Gasteiger partial charge in [-0.3, -0.25) is 4.18 Å². The Kier molecular flexibility index (Phi) is 2.36. The Balaban J connectivity index is 1.96. The van der Waals surface area contributed by atoms with Crippen molar-refractivity contribution in [1.29, 1.82) is 0 Å². The van der Waals surface area contributed by atoms with Crippen LogP contribution in [0.1, 0.15) is 32.1 Å². The first kappa shape index (κ1) is 9.46. The molecule has 0 N–H and O–H groups in total. The van der Waals surface area contributed by atoms with Gasteiger partial charge in [0.15, 0.2) is 0 Å². The molecule has 2 aliphatic carbocycles. The second-order valence-corrected chi connectivity index (χ2v) is 6.04. The predicted octanol–water partition coefficient (Wildman–Crippen LogP) is 1.54. The highest BCUT2D eigenvalue weighted by atomic mass is 32.2. The lowest BCUT2D eigenvalue weighted by Crippen LogP contribution is -2.25. The highest BCUT2D eigenvalue weighted by Gasteiger charge is 2.35. The van der Waals surface area contributed by atoms with E-state index in [1.165, 1.54) is 19.3 Å². The fourth-order valence-electron chi connectivity index (χ4n) is 2.77. The van der Waals surface area contributed by atoms with Crippen LogP contribution in [0.4, 0.5) is 0 Å². The van der Waals surface area contributed by atoms with E-state index in [4.69, 9.17) is 4.18 Å². The maximum absolute atomic E-state index is 10.9. The monoisotopic (exact) mass is 204 g/mol. The molecule has 0 aliphatic heterocycles. The summed E-state index contributed by atoms with van der Waals surface area (Å²) in [6.07, 6.45) is 6.85. The summed E-state index contributed by atoms with van der Waals surface area (Å²) in [6, 6.07) is 0. The molecule has 4 heteroatoms. The molecule has 2 aliphatic rings. The number of hydrogen-bond acceptors (Lipinski definition) is 3. The molecule has 76 valence electrons. The fourth-order valence-corrected chi connectivity index (χ4v) is 3.42. The average Bonchev–Trinajstić information content (AvgIpc) is 2.27. The standard InChI is InChI=1S/C9H16O3S/c1-13(10,11)12-9-5-7-2-3-8(4-7)6-9/h7-9H,2-6H2,1H3/t7-,8+,9-. The van der Waals surface area contributed by atoms with E-state index in [1.807, 2.05) is 0 Å². The lowest BCUT2D eigenvalue weighted by Gasteiger charge is -2.26. The first-order valence-corrected chi connectivity index (χ1v) is 6.73. The molecule has 2 saturated carbocycles. The first-order chi connectivity index (χ1) is 6.03. The van der Waals surface area contributed by atoms with E-state index in [2.05, 4.69) is 0 Å². The second-order valence-electron chi connectivity index (χ2n) is 4.44. The van der Waals surface area contributed by atoms with E-state index in [0.29, 0.717) is 0 Å². The predicted molar refractivity (Wildman–Crippen MR) is 49.8 cm³/mol. The summed E-state index contributed by atoms with van der Waals surface area (Å²) in [5.41, 5.74) is 0. The molecule has 2 rings (SSSR count). The van der Waals surface area contributed by atoms with E-state index < -0.39 is 10.1 Å². The Morgan fingerprint density at radius 1 is 1.08 bits per heavy atom. The molecule has 2 fully saturated rings. The molecule has 0 aromatic heterocycles. The molecule has 0 unspecified atom stereocenters. The minimum atomic E-state index is -3.24. The van der Waals surface area contributed by atoms with Crippen LogP contribution in [-0.4, -0.2) is 20.8 Å². The van der Waals surface area contributed by atoms with Gasteiger partial charge >= 0.3 is 0 Å². The molecule has 13 heavy (non-hydrogen) atoms. The van der Waals surface area contributed by atoms with Crippen molar-refractivity contribution in [3.05, 3.63) is 0 Å². The molecule has 2 bridgehead atoms. The van der Waals surface area contributed by atoms with Gasteiger partial charge in [0.25, 0.3) is 10.1 Å². The minimum absolute atomic E-state index is 0.0266. The SMILES string of the molecule is CS(=O)(=O)O[C@@H]1C[C@@H]2CC[C@@H](C2)C1. The van der Waals surface area contributed by atoms with Crippen molar-refractivity contribution in [1.82, 2.24) is 0 Å². The van der Waals surface area contributed by atoms with Crippen LogP contribution in [0.3, 0.4) is 0 Å². The van der Waals surface area contributed by atoms with Gasteiger partial charge in [0.1, 0.15) is 0 Å². The van der Waals surface area contributed by atoms with Crippen molar-refractivity contribution in [2.75, 3.05) is 6.26 Å². The van der Waals surface area contributed by atoms with Gasteiger partial charge < -0.3 is 0 Å². The molecule has 0 aromatic rings. The third-order valence-electron chi connectivity index (χ3n) is 3.15. The van der Waals surface area contributed by atoms with Crippen molar-refractivity contribution < 1.29 is 12.6 Å². The third kappa shape index (κ3) is 2.44. The molecule has 0 amide bonds. The zero-order valence-electron chi connectivity index (χ0n) is 7.90. The smallest absolute Gasteiger partial charge is 0.264 e. The van der Waals surface area contributed by atoms with Gasteiger partial charge in [-0.25, -0.2) is 0 Å². The number of fused-ring (bicyclic) bond motifs is 2. The van der Waals surface area contributed by atoms with E-state index >= 15 is 0 Å². The zero-order valence-corrected chi connectivity index (χ0v) is 8.72. The van der Waals surface area contributed by atoms with Gasteiger partial charge in [-0.1, -0.05) is 12.8 Å². The molecular weight excluding hydrogens is 188 g/mol. The Morgan fingerprint density at radius 2 is 1.62 bits per heavy atom. The normalized spacial score (nSPS) is 39.3. The summed E-state index contributed by atoms with van der Waals surface area (Å²) in [5.74, 6) is 1.45. The van der Waals surface area contributed by atoms with Crippen LogP contribution >= 0.6 is 0 Å². The summed E-state index contributed by atoms with van der Waals surface area (Å²) in [6.45, 7) is 0. The topological polar surface area (TPSA) is 43.4 Å². The summed E-state index contributed by atoms with van der Waals surface area (Å²) in [5, 5.41) is 0. The van der Waals surface area contributed by atoms with Crippen LogP contribution < -0.4 is 0 Å². The van der Waals surface area contributed by atoms with Gasteiger partial charge in [0, 0.05) is 0 Å². The molecule has 0 saturated heterocycles. The molecule has 3 atom stereocenters. The molecule has 0 aromatic carbocycles. The van der Waals surface area contributed by atoms with Crippen molar-refractivity contribution in [3.63, 3.8) is 0 Å². The van der Waals surface area contributed by atoms with Gasteiger partial charge in [-0.2, -0.15) is 8.42 Å². The van der Waals surface area contributed by atoms with Gasteiger partial charge in [-0.15, -0.1) is 0 Å². The number of hydrogen-bond donors (Lipinski definition) is 0. The maximum Gasteiger partial charge on any atom is 0.264 e. The Labute approximate surface area is 79.6 Å². The Morgan fingerprint density at radius 3 is 2.08 bits per heavy atom. The van der Waals surface area contributed by atoms with Crippen molar-refractivity contribution in [2.45, 2.75) is 38.2 Å². The number of rotatable bonds is 2.